The van der Waals surface area contributed by atoms with Gasteiger partial charge in [-0.05, 0) is 74.0 Å². The first-order valence-electron chi connectivity index (χ1n) is 11.6. The molecule has 0 radical (unpaired) electrons. The fourth-order valence-corrected chi connectivity index (χ4v) is 3.85. The van der Waals surface area contributed by atoms with Crippen molar-refractivity contribution in [1.82, 2.24) is 9.88 Å². The van der Waals surface area contributed by atoms with Crippen molar-refractivity contribution in [2.45, 2.75) is 13.8 Å². The molecule has 0 fully saturated rings. The summed E-state index contributed by atoms with van der Waals surface area (Å²) in [6.07, 6.45) is 9.86. The second-order valence-corrected chi connectivity index (χ2v) is 8.62. The highest BCUT2D eigenvalue weighted by atomic mass is 16.1. The van der Waals surface area contributed by atoms with Crippen molar-refractivity contribution in [2.75, 3.05) is 5.32 Å². The number of hydrogen-bond acceptors (Lipinski definition) is 5. The van der Waals surface area contributed by atoms with Crippen molar-refractivity contribution in [3.63, 3.8) is 0 Å². The van der Waals surface area contributed by atoms with Crippen LogP contribution in [-0.2, 0) is 4.79 Å². The summed E-state index contributed by atoms with van der Waals surface area (Å²) in [7, 11) is 0. The van der Waals surface area contributed by atoms with E-state index in [4.69, 9.17) is 4.99 Å². The number of allylic oxidation sites excluding steroid dienone is 5. The van der Waals surface area contributed by atoms with Crippen LogP contribution < -0.4 is 5.32 Å². The van der Waals surface area contributed by atoms with E-state index in [1.54, 1.807) is 53.7 Å². The molecular weight excluding hydrogens is 448 g/mol. The van der Waals surface area contributed by atoms with Crippen molar-refractivity contribution in [3.05, 3.63) is 137 Å². The second kappa shape index (κ2) is 9.80. The topological polar surface area (TPSA) is 74.7 Å². The van der Waals surface area contributed by atoms with E-state index in [1.807, 2.05) is 62.4 Å². The van der Waals surface area contributed by atoms with Gasteiger partial charge in [0.05, 0.1) is 17.1 Å². The van der Waals surface area contributed by atoms with Gasteiger partial charge < -0.3 is 5.32 Å². The molecule has 3 heterocycles. The molecule has 0 aliphatic carbocycles. The van der Waals surface area contributed by atoms with Gasteiger partial charge in [-0.1, -0.05) is 41.5 Å². The number of hydrogen-bond donors (Lipinski definition) is 1. The fraction of sp³-hybridized carbons (Fsp3) is 0.0667. The number of aryl methyl sites for hydroxylation is 2. The molecule has 0 atom stereocenters. The van der Waals surface area contributed by atoms with Gasteiger partial charge in [0.2, 0.25) is 11.6 Å². The van der Waals surface area contributed by atoms with Gasteiger partial charge in [-0.2, -0.15) is 0 Å². The molecule has 2 aliphatic heterocycles. The zero-order chi connectivity index (χ0) is 25.1. The summed E-state index contributed by atoms with van der Waals surface area (Å²) in [6, 6.07) is 21.0. The molecule has 36 heavy (non-hydrogen) atoms. The lowest BCUT2D eigenvalue weighted by Gasteiger charge is -2.31. The van der Waals surface area contributed by atoms with Crippen molar-refractivity contribution < 1.29 is 9.59 Å². The molecule has 1 aromatic heterocycles. The van der Waals surface area contributed by atoms with Gasteiger partial charge in [0.25, 0.3) is 0 Å². The van der Waals surface area contributed by atoms with Crippen molar-refractivity contribution in [1.29, 1.82) is 0 Å². The number of ketones is 2. The number of pyridine rings is 1. The number of nitrogens with one attached hydrogen (secondary N) is 1. The molecule has 0 spiro atoms. The van der Waals surface area contributed by atoms with Gasteiger partial charge in [0.1, 0.15) is 5.69 Å². The molecule has 0 saturated heterocycles. The minimum absolute atomic E-state index is 0.187. The van der Waals surface area contributed by atoms with Gasteiger partial charge in [-0.15, -0.1) is 0 Å². The number of carbonyl (C=O) groups excluding carboxylic acids is 2. The Labute approximate surface area is 209 Å². The van der Waals surface area contributed by atoms with Gasteiger partial charge in [0.15, 0.2) is 5.84 Å². The van der Waals surface area contributed by atoms with Crippen LogP contribution in [0.5, 0.6) is 0 Å². The maximum Gasteiger partial charge on any atom is 0.204 e. The number of fused-ring (bicyclic) bond motifs is 1. The lowest BCUT2D eigenvalue weighted by Crippen LogP contribution is -2.37. The first-order chi connectivity index (χ1) is 17.5. The lowest BCUT2D eigenvalue weighted by molar-refractivity contribution is -0.112. The molecule has 0 amide bonds. The van der Waals surface area contributed by atoms with E-state index >= 15 is 0 Å². The molecule has 6 nitrogen and oxygen atoms in total. The SMILES string of the molecule is Cc1ccc(N=C2C(Nc3ccc(C)cc3)=CC(=O)C3=C/C(=C\C(=O)c4ccccn4)C=CN32)cc1. The number of benzene rings is 2. The Hall–Kier alpha value is -4.84. The maximum atomic E-state index is 13.2. The van der Waals surface area contributed by atoms with Crippen LogP contribution in [0, 0.1) is 13.8 Å². The highest BCUT2D eigenvalue weighted by molar-refractivity contribution is 6.20. The third-order valence-electron chi connectivity index (χ3n) is 5.79. The number of aromatic nitrogens is 1. The third kappa shape index (κ3) is 4.98. The molecule has 3 aromatic rings. The van der Waals surface area contributed by atoms with Crippen LogP contribution in [0.25, 0.3) is 0 Å². The smallest absolute Gasteiger partial charge is 0.204 e. The number of anilines is 1. The van der Waals surface area contributed by atoms with Gasteiger partial charge in [-0.3, -0.25) is 19.5 Å². The molecule has 0 saturated carbocycles. The summed E-state index contributed by atoms with van der Waals surface area (Å²) in [6.45, 7) is 4.05. The van der Waals surface area contributed by atoms with Gasteiger partial charge >= 0.3 is 0 Å². The third-order valence-corrected chi connectivity index (χ3v) is 5.79. The Balaban J connectivity index is 1.53. The van der Waals surface area contributed by atoms with E-state index in [0.29, 0.717) is 28.5 Å². The first-order valence-corrected chi connectivity index (χ1v) is 11.6. The minimum atomic E-state index is -0.227. The van der Waals surface area contributed by atoms with Crippen LogP contribution in [0.1, 0.15) is 21.6 Å². The standard InChI is InChI=1S/C30H24N4O2/c1-20-6-10-23(11-7-20)32-26-19-29(36)27-17-22(18-28(35)25-5-3-4-15-31-25)14-16-34(27)30(26)33-24-12-8-21(2)9-13-24/h3-19,32H,1-2H3/b22-18-,33-30?. The number of rotatable bonds is 5. The van der Waals surface area contributed by atoms with Crippen LogP contribution in [-0.4, -0.2) is 27.3 Å². The Bertz CT molecular complexity index is 1480. The number of amidine groups is 1. The molecule has 2 aliphatic rings. The highest BCUT2D eigenvalue weighted by Crippen LogP contribution is 2.29. The van der Waals surface area contributed by atoms with E-state index < -0.39 is 0 Å². The Kier molecular flexibility index (Phi) is 6.24. The molecule has 6 heteroatoms. The molecule has 0 unspecified atom stereocenters. The summed E-state index contributed by atoms with van der Waals surface area (Å²) < 4.78 is 0. The zero-order valence-electron chi connectivity index (χ0n) is 20.0. The number of aliphatic imine (C=N–C) groups is 1. The van der Waals surface area contributed by atoms with Crippen molar-refractivity contribution in [2.24, 2.45) is 4.99 Å². The molecule has 2 aromatic carbocycles. The van der Waals surface area contributed by atoms with Crippen molar-refractivity contribution >= 4 is 28.8 Å². The van der Waals surface area contributed by atoms with E-state index in [2.05, 4.69) is 10.3 Å². The molecule has 1 N–H and O–H groups in total. The summed E-state index contributed by atoms with van der Waals surface area (Å²) in [5.41, 5.74) is 5.86. The van der Waals surface area contributed by atoms with E-state index in [1.165, 1.54) is 6.08 Å². The van der Waals surface area contributed by atoms with Gasteiger partial charge in [-0.25, -0.2) is 4.99 Å². The summed E-state index contributed by atoms with van der Waals surface area (Å²) in [5, 5.41) is 3.35. The largest absolute Gasteiger partial charge is 0.352 e. The second-order valence-electron chi connectivity index (χ2n) is 8.62. The highest BCUT2D eigenvalue weighted by Gasteiger charge is 2.30. The van der Waals surface area contributed by atoms with E-state index in [-0.39, 0.29) is 11.6 Å². The molecular formula is C30H24N4O2. The average molecular weight is 473 g/mol. The number of nitrogens with zero attached hydrogens (tertiary/aromatic N) is 3. The summed E-state index contributed by atoms with van der Waals surface area (Å²) >= 11 is 0. The first kappa shape index (κ1) is 22.9. The van der Waals surface area contributed by atoms with Crippen LogP contribution in [0.15, 0.2) is 125 Å². The Morgan fingerprint density at radius 2 is 1.67 bits per heavy atom. The quantitative estimate of drug-likeness (QED) is 0.374. The zero-order valence-corrected chi connectivity index (χ0v) is 20.0. The minimum Gasteiger partial charge on any atom is -0.352 e. The monoisotopic (exact) mass is 472 g/mol. The lowest BCUT2D eigenvalue weighted by atomic mass is 10.0. The Morgan fingerprint density at radius 3 is 2.36 bits per heavy atom. The Morgan fingerprint density at radius 1 is 0.944 bits per heavy atom. The number of carbonyl (C=O) groups is 2. The average Bonchev–Trinajstić information content (AvgIpc) is 2.89. The summed E-state index contributed by atoms with van der Waals surface area (Å²) in [5.74, 6) is 0.166. The predicted molar refractivity (Wildman–Crippen MR) is 142 cm³/mol. The summed E-state index contributed by atoms with van der Waals surface area (Å²) in [4.78, 5) is 36.5. The van der Waals surface area contributed by atoms with Gasteiger partial charge in [0, 0.05) is 24.2 Å². The van der Waals surface area contributed by atoms with Crippen molar-refractivity contribution in [3.8, 4) is 0 Å². The predicted octanol–water partition coefficient (Wildman–Crippen LogP) is 5.83. The van der Waals surface area contributed by atoms with Crippen LogP contribution in [0.4, 0.5) is 11.4 Å². The van der Waals surface area contributed by atoms with Crippen LogP contribution >= 0.6 is 0 Å². The maximum absolute atomic E-state index is 13.2. The van der Waals surface area contributed by atoms with Crippen LogP contribution in [0.3, 0.4) is 0 Å². The van der Waals surface area contributed by atoms with Crippen LogP contribution in [0.2, 0.25) is 0 Å². The van der Waals surface area contributed by atoms with E-state index in [0.717, 1.165) is 22.5 Å². The van der Waals surface area contributed by atoms with E-state index in [9.17, 15) is 9.59 Å². The fourth-order valence-electron chi connectivity index (χ4n) is 3.85. The molecule has 0 bridgehead atoms. The molecule has 5 rings (SSSR count). The molecule has 176 valence electrons. The normalized spacial score (nSPS) is 17.1.